The largest absolute Gasteiger partial charge is 0.377 e. The Balaban J connectivity index is 1.88. The normalized spacial score (nSPS) is 17.9. The van der Waals surface area contributed by atoms with Gasteiger partial charge in [0.2, 0.25) is 0 Å². The van der Waals surface area contributed by atoms with E-state index in [1.54, 1.807) is 6.07 Å². The first-order valence-electron chi connectivity index (χ1n) is 6.17. The number of anilines is 1. The van der Waals surface area contributed by atoms with E-state index in [1.807, 2.05) is 23.9 Å². The Kier molecular flexibility index (Phi) is 3.92. The number of hydrogen-bond acceptors (Lipinski definition) is 2. The van der Waals surface area contributed by atoms with Crippen molar-refractivity contribution in [3.63, 3.8) is 0 Å². The molecule has 1 heterocycles. The molecular weight excluding hydrogens is 297 g/mol. The standard InChI is InChI=1S/C15H13Cl2NS/c16-10-5-6-14(12(17)9-10)18-13-7-8-19-15-4-2-1-3-11(13)15/h1-6,9,13,18H,7-8H2. The molecule has 1 unspecified atom stereocenters. The number of thioether (sulfide) groups is 1. The quantitative estimate of drug-likeness (QED) is 0.770. The summed E-state index contributed by atoms with van der Waals surface area (Å²) in [6, 6.07) is 14.4. The summed E-state index contributed by atoms with van der Waals surface area (Å²) in [5.74, 6) is 1.12. The van der Waals surface area contributed by atoms with Gasteiger partial charge >= 0.3 is 0 Å². The number of nitrogens with one attached hydrogen (secondary N) is 1. The third kappa shape index (κ3) is 2.86. The monoisotopic (exact) mass is 309 g/mol. The van der Waals surface area contributed by atoms with Crippen LogP contribution in [0.2, 0.25) is 10.0 Å². The van der Waals surface area contributed by atoms with E-state index in [1.165, 1.54) is 10.5 Å². The highest BCUT2D eigenvalue weighted by molar-refractivity contribution is 7.99. The number of halogens is 2. The summed E-state index contributed by atoms with van der Waals surface area (Å²) < 4.78 is 0. The number of rotatable bonds is 2. The summed E-state index contributed by atoms with van der Waals surface area (Å²) in [7, 11) is 0. The molecule has 2 aromatic rings. The molecule has 0 saturated heterocycles. The second-order valence-corrected chi connectivity index (χ2v) is 6.48. The molecule has 0 amide bonds. The van der Waals surface area contributed by atoms with Gasteiger partial charge in [-0.1, -0.05) is 41.4 Å². The van der Waals surface area contributed by atoms with Gasteiger partial charge in [-0.2, -0.15) is 0 Å². The van der Waals surface area contributed by atoms with E-state index in [0.29, 0.717) is 16.1 Å². The van der Waals surface area contributed by atoms with Gasteiger partial charge in [0.1, 0.15) is 0 Å². The van der Waals surface area contributed by atoms with Crippen molar-refractivity contribution in [2.45, 2.75) is 17.4 Å². The van der Waals surface area contributed by atoms with Crippen LogP contribution in [0.15, 0.2) is 47.4 Å². The van der Waals surface area contributed by atoms with E-state index >= 15 is 0 Å². The second kappa shape index (κ2) is 5.66. The van der Waals surface area contributed by atoms with Crippen LogP contribution >= 0.6 is 35.0 Å². The fourth-order valence-corrected chi connectivity index (χ4v) is 3.87. The lowest BCUT2D eigenvalue weighted by Crippen LogP contribution is -2.16. The molecule has 1 atom stereocenters. The Morgan fingerprint density at radius 3 is 2.79 bits per heavy atom. The van der Waals surface area contributed by atoms with Crippen LogP contribution in [0.1, 0.15) is 18.0 Å². The van der Waals surface area contributed by atoms with Crippen LogP contribution in [0.5, 0.6) is 0 Å². The Hall–Kier alpha value is -0.830. The summed E-state index contributed by atoms with van der Waals surface area (Å²) >= 11 is 14.1. The van der Waals surface area contributed by atoms with Crippen LogP contribution in [0.4, 0.5) is 5.69 Å². The maximum absolute atomic E-state index is 6.22. The van der Waals surface area contributed by atoms with Gasteiger partial charge in [0.25, 0.3) is 0 Å². The van der Waals surface area contributed by atoms with E-state index in [4.69, 9.17) is 23.2 Å². The highest BCUT2D eigenvalue weighted by Gasteiger charge is 2.20. The molecule has 4 heteroatoms. The smallest absolute Gasteiger partial charge is 0.0652 e. The molecule has 0 spiro atoms. The topological polar surface area (TPSA) is 12.0 Å². The van der Waals surface area contributed by atoms with Crippen molar-refractivity contribution in [2.75, 3.05) is 11.1 Å². The van der Waals surface area contributed by atoms with Crippen LogP contribution in [0, 0.1) is 0 Å². The summed E-state index contributed by atoms with van der Waals surface area (Å²) in [6.07, 6.45) is 1.10. The molecular formula is C15H13Cl2NS. The number of fused-ring (bicyclic) bond motifs is 1. The molecule has 0 bridgehead atoms. The van der Waals surface area contributed by atoms with Gasteiger partial charge in [-0.05, 0) is 36.2 Å². The minimum atomic E-state index is 0.316. The highest BCUT2D eigenvalue weighted by Crippen LogP contribution is 2.39. The first-order valence-corrected chi connectivity index (χ1v) is 7.91. The molecule has 0 aromatic heterocycles. The lowest BCUT2D eigenvalue weighted by atomic mass is 10.0. The Morgan fingerprint density at radius 2 is 1.95 bits per heavy atom. The van der Waals surface area contributed by atoms with Crippen molar-refractivity contribution < 1.29 is 0 Å². The number of benzene rings is 2. The number of hydrogen-bond donors (Lipinski definition) is 1. The average molecular weight is 310 g/mol. The second-order valence-electron chi connectivity index (χ2n) is 4.50. The van der Waals surface area contributed by atoms with E-state index in [9.17, 15) is 0 Å². The summed E-state index contributed by atoms with van der Waals surface area (Å²) in [5, 5.41) is 4.86. The zero-order valence-corrected chi connectivity index (χ0v) is 12.5. The lowest BCUT2D eigenvalue weighted by Gasteiger charge is -2.27. The van der Waals surface area contributed by atoms with Gasteiger partial charge in [0.15, 0.2) is 0 Å². The van der Waals surface area contributed by atoms with Crippen LogP contribution in [-0.4, -0.2) is 5.75 Å². The zero-order chi connectivity index (χ0) is 13.2. The Morgan fingerprint density at radius 1 is 1.11 bits per heavy atom. The first-order chi connectivity index (χ1) is 9.24. The van der Waals surface area contributed by atoms with Crippen molar-refractivity contribution >= 4 is 40.7 Å². The van der Waals surface area contributed by atoms with E-state index in [0.717, 1.165) is 17.9 Å². The van der Waals surface area contributed by atoms with Crippen molar-refractivity contribution in [1.82, 2.24) is 0 Å². The van der Waals surface area contributed by atoms with Gasteiger partial charge in [-0.15, -0.1) is 11.8 Å². The fraction of sp³-hybridized carbons (Fsp3) is 0.200. The Bertz CT molecular complexity index is 600. The van der Waals surface area contributed by atoms with Gasteiger partial charge in [0, 0.05) is 15.7 Å². The summed E-state index contributed by atoms with van der Waals surface area (Å²) in [6.45, 7) is 0. The molecule has 0 radical (unpaired) electrons. The van der Waals surface area contributed by atoms with Crippen molar-refractivity contribution in [2.24, 2.45) is 0 Å². The van der Waals surface area contributed by atoms with E-state index < -0.39 is 0 Å². The maximum Gasteiger partial charge on any atom is 0.0652 e. The van der Waals surface area contributed by atoms with Crippen molar-refractivity contribution in [1.29, 1.82) is 0 Å². The predicted molar refractivity (Wildman–Crippen MR) is 84.6 cm³/mol. The van der Waals surface area contributed by atoms with Gasteiger partial charge < -0.3 is 5.32 Å². The average Bonchev–Trinajstić information content (AvgIpc) is 2.42. The lowest BCUT2D eigenvalue weighted by molar-refractivity contribution is 0.729. The summed E-state index contributed by atoms with van der Waals surface area (Å²) in [5.41, 5.74) is 2.29. The molecule has 1 N–H and O–H groups in total. The van der Waals surface area contributed by atoms with Crippen LogP contribution in [-0.2, 0) is 0 Å². The third-order valence-corrected chi connectivity index (χ3v) is 4.89. The minimum Gasteiger partial charge on any atom is -0.377 e. The molecule has 19 heavy (non-hydrogen) atoms. The molecule has 1 nitrogen and oxygen atoms in total. The molecule has 1 aliphatic rings. The van der Waals surface area contributed by atoms with Gasteiger partial charge in [0.05, 0.1) is 16.8 Å². The Labute approximate surface area is 127 Å². The van der Waals surface area contributed by atoms with E-state index in [-0.39, 0.29) is 0 Å². The maximum atomic E-state index is 6.22. The predicted octanol–water partition coefficient (Wildman–Crippen LogP) is 5.64. The minimum absolute atomic E-state index is 0.316. The van der Waals surface area contributed by atoms with Crippen LogP contribution in [0.25, 0.3) is 0 Å². The van der Waals surface area contributed by atoms with Crippen LogP contribution < -0.4 is 5.32 Å². The van der Waals surface area contributed by atoms with Gasteiger partial charge in [-0.25, -0.2) is 0 Å². The van der Waals surface area contributed by atoms with Crippen LogP contribution in [0.3, 0.4) is 0 Å². The van der Waals surface area contributed by atoms with E-state index in [2.05, 4.69) is 29.6 Å². The third-order valence-electron chi connectivity index (χ3n) is 3.22. The fourth-order valence-electron chi connectivity index (χ4n) is 2.29. The molecule has 0 saturated carbocycles. The first kappa shape index (κ1) is 13.2. The van der Waals surface area contributed by atoms with Gasteiger partial charge in [-0.3, -0.25) is 0 Å². The molecule has 1 aliphatic heterocycles. The van der Waals surface area contributed by atoms with Crippen molar-refractivity contribution in [3.8, 4) is 0 Å². The highest BCUT2D eigenvalue weighted by atomic mass is 35.5. The SMILES string of the molecule is Clc1ccc(NC2CCSc3ccccc32)c(Cl)c1. The molecule has 2 aromatic carbocycles. The molecule has 0 aliphatic carbocycles. The van der Waals surface area contributed by atoms with Crippen molar-refractivity contribution in [3.05, 3.63) is 58.1 Å². The molecule has 0 fully saturated rings. The summed E-state index contributed by atoms with van der Waals surface area (Å²) in [4.78, 5) is 1.36. The zero-order valence-electron chi connectivity index (χ0n) is 10.2. The molecule has 98 valence electrons. The molecule has 3 rings (SSSR count).